The number of hydrogen-bond donors (Lipinski definition) is 1. The number of carbonyl (C=O) groups excluding carboxylic acids is 1. The van der Waals surface area contributed by atoms with Gasteiger partial charge in [-0.3, -0.25) is 9.78 Å². The van der Waals surface area contributed by atoms with Crippen molar-refractivity contribution in [2.24, 2.45) is 0 Å². The summed E-state index contributed by atoms with van der Waals surface area (Å²) >= 11 is 0. The molecular weight excluding hydrogens is 488 g/mol. The molecular formula is C32H34N4O3. The van der Waals surface area contributed by atoms with Gasteiger partial charge in [-0.25, -0.2) is 0 Å². The van der Waals surface area contributed by atoms with E-state index in [4.69, 9.17) is 9.15 Å². The number of amides is 1. The average molecular weight is 523 g/mol. The van der Waals surface area contributed by atoms with Crippen LogP contribution in [0, 0.1) is 11.3 Å². The Labute approximate surface area is 229 Å². The van der Waals surface area contributed by atoms with Gasteiger partial charge in [0.05, 0.1) is 22.5 Å². The normalized spacial score (nSPS) is 16.5. The molecule has 0 radical (unpaired) electrons. The molecule has 2 aromatic carbocycles. The fourth-order valence-electron chi connectivity index (χ4n) is 5.69. The van der Waals surface area contributed by atoms with Gasteiger partial charge in [0.1, 0.15) is 17.3 Å². The molecule has 5 rings (SSSR count). The van der Waals surface area contributed by atoms with Gasteiger partial charge >= 0.3 is 0 Å². The number of furan rings is 1. The Hall–Kier alpha value is -4.15. The highest BCUT2D eigenvalue weighted by atomic mass is 16.5. The van der Waals surface area contributed by atoms with Crippen LogP contribution in [0.15, 0.2) is 65.2 Å². The van der Waals surface area contributed by atoms with Gasteiger partial charge in [-0.05, 0) is 76.4 Å². The Morgan fingerprint density at radius 3 is 2.31 bits per heavy atom. The van der Waals surface area contributed by atoms with Gasteiger partial charge in [-0.15, -0.1) is 0 Å². The van der Waals surface area contributed by atoms with Gasteiger partial charge in [0, 0.05) is 49.1 Å². The summed E-state index contributed by atoms with van der Waals surface area (Å²) in [5.74, 6) is 0.614. The zero-order valence-corrected chi connectivity index (χ0v) is 23.3. The second kappa shape index (κ2) is 9.87. The van der Waals surface area contributed by atoms with Gasteiger partial charge in [0.25, 0.3) is 5.91 Å². The molecule has 0 bridgehead atoms. The van der Waals surface area contributed by atoms with Crippen LogP contribution >= 0.6 is 0 Å². The number of nitrogens with one attached hydrogen (secondary N) is 1. The molecule has 1 amide bonds. The average Bonchev–Trinajstić information content (AvgIpc) is 3.31. The summed E-state index contributed by atoms with van der Waals surface area (Å²) in [7, 11) is 3.46. The van der Waals surface area contributed by atoms with E-state index < -0.39 is 0 Å². The molecule has 4 aromatic rings. The molecule has 0 atom stereocenters. The number of benzene rings is 2. The summed E-state index contributed by atoms with van der Waals surface area (Å²) < 4.78 is 12.5. The molecule has 200 valence electrons. The second-order valence-corrected chi connectivity index (χ2v) is 11.7. The first-order valence-corrected chi connectivity index (χ1v) is 13.2. The Morgan fingerprint density at radius 2 is 1.67 bits per heavy atom. The predicted molar refractivity (Wildman–Crippen MR) is 154 cm³/mol. The van der Waals surface area contributed by atoms with E-state index in [-0.39, 0.29) is 23.2 Å². The zero-order chi connectivity index (χ0) is 27.9. The number of ether oxygens (including phenoxy) is 1. The van der Waals surface area contributed by atoms with Crippen molar-refractivity contribution in [2.75, 3.05) is 19.4 Å². The summed E-state index contributed by atoms with van der Waals surface area (Å²) in [5, 5.41) is 13.6. The minimum Gasteiger partial charge on any atom is -0.454 e. The lowest BCUT2D eigenvalue weighted by molar-refractivity contribution is -0.158. The quantitative estimate of drug-likeness (QED) is 0.307. The Balaban J connectivity index is 1.45. The highest BCUT2D eigenvalue weighted by Crippen LogP contribution is 2.38. The van der Waals surface area contributed by atoms with Gasteiger partial charge < -0.3 is 19.4 Å². The first kappa shape index (κ1) is 26.5. The summed E-state index contributed by atoms with van der Waals surface area (Å²) in [5.41, 5.74) is 5.50. The monoisotopic (exact) mass is 522 g/mol. The first-order chi connectivity index (χ1) is 18.4. The number of pyridine rings is 1. The maximum Gasteiger partial charge on any atom is 0.253 e. The molecule has 1 N–H and O–H groups in total. The van der Waals surface area contributed by atoms with E-state index in [0.29, 0.717) is 22.5 Å². The van der Waals surface area contributed by atoms with Crippen LogP contribution in [0.4, 0.5) is 5.69 Å². The lowest BCUT2D eigenvalue weighted by Crippen LogP contribution is -2.49. The van der Waals surface area contributed by atoms with E-state index in [9.17, 15) is 10.1 Å². The molecule has 0 unspecified atom stereocenters. The third-order valence-electron chi connectivity index (χ3n) is 7.07. The van der Waals surface area contributed by atoms with Crippen LogP contribution in [-0.4, -0.2) is 47.1 Å². The third kappa shape index (κ3) is 5.52. The highest BCUT2D eigenvalue weighted by Gasteiger charge is 2.39. The minimum absolute atomic E-state index is 0.0504. The predicted octanol–water partition coefficient (Wildman–Crippen LogP) is 6.88. The van der Waals surface area contributed by atoms with Crippen LogP contribution in [0.1, 0.15) is 56.5 Å². The van der Waals surface area contributed by atoms with Crippen molar-refractivity contribution in [2.45, 2.75) is 57.8 Å². The van der Waals surface area contributed by atoms with Crippen LogP contribution < -0.4 is 5.32 Å². The molecule has 3 heterocycles. The number of hydrogen-bond acceptors (Lipinski definition) is 6. The van der Waals surface area contributed by atoms with Crippen molar-refractivity contribution >= 4 is 22.7 Å². The molecule has 7 heteroatoms. The second-order valence-electron chi connectivity index (χ2n) is 11.7. The SMILES string of the molecule is CN(C)C(=O)c1ccc(-c2cc3nccc(-c4ccc(NC5CC(C)(C)OC(C)(C)C5)c(C#N)c4)c3o2)cc1. The summed E-state index contributed by atoms with van der Waals surface area (Å²) in [6.07, 6.45) is 3.46. The van der Waals surface area contributed by atoms with Crippen molar-refractivity contribution in [3.63, 3.8) is 0 Å². The topological polar surface area (TPSA) is 91.4 Å². The van der Waals surface area contributed by atoms with Gasteiger partial charge in [-0.2, -0.15) is 5.26 Å². The zero-order valence-electron chi connectivity index (χ0n) is 23.3. The van der Waals surface area contributed by atoms with Crippen molar-refractivity contribution in [3.8, 4) is 28.5 Å². The summed E-state index contributed by atoms with van der Waals surface area (Å²) in [4.78, 5) is 18.3. The molecule has 0 aliphatic carbocycles. The van der Waals surface area contributed by atoms with Crippen LogP contribution in [0.25, 0.3) is 33.6 Å². The van der Waals surface area contributed by atoms with Crippen LogP contribution in [-0.2, 0) is 4.74 Å². The van der Waals surface area contributed by atoms with Crippen molar-refractivity contribution in [1.29, 1.82) is 5.26 Å². The van der Waals surface area contributed by atoms with E-state index in [1.807, 2.05) is 42.5 Å². The lowest BCUT2D eigenvalue weighted by atomic mass is 9.85. The van der Waals surface area contributed by atoms with Crippen molar-refractivity contribution in [1.82, 2.24) is 9.88 Å². The maximum atomic E-state index is 12.2. The summed E-state index contributed by atoms with van der Waals surface area (Å²) in [6.45, 7) is 8.45. The van der Waals surface area contributed by atoms with Gasteiger partial charge in [0.2, 0.25) is 0 Å². The largest absolute Gasteiger partial charge is 0.454 e. The third-order valence-corrected chi connectivity index (χ3v) is 7.07. The van der Waals surface area contributed by atoms with E-state index in [0.717, 1.165) is 40.7 Å². The number of nitrogens with zero attached hydrogens (tertiary/aromatic N) is 3. The van der Waals surface area contributed by atoms with Gasteiger partial charge in [0.15, 0.2) is 5.58 Å². The highest BCUT2D eigenvalue weighted by molar-refractivity contribution is 5.95. The van der Waals surface area contributed by atoms with E-state index in [1.165, 1.54) is 0 Å². The van der Waals surface area contributed by atoms with Crippen LogP contribution in [0.5, 0.6) is 0 Å². The van der Waals surface area contributed by atoms with E-state index in [2.05, 4.69) is 44.1 Å². The molecule has 0 spiro atoms. The standard InChI is InChI=1S/C32H34N4O3/c1-31(2)17-24(18-32(3,4)39-31)35-26-12-11-22(15-23(26)19-33)25-13-14-34-27-16-28(38-29(25)27)20-7-9-21(10-8-20)30(37)36(5)6/h7-16,24,35H,17-18H2,1-6H3. The molecule has 1 fully saturated rings. The number of fused-ring (bicyclic) bond motifs is 1. The number of rotatable bonds is 5. The minimum atomic E-state index is -0.242. The molecule has 7 nitrogen and oxygen atoms in total. The number of aromatic nitrogens is 1. The Morgan fingerprint density at radius 1 is 1.00 bits per heavy atom. The van der Waals surface area contributed by atoms with Gasteiger partial charge in [-0.1, -0.05) is 18.2 Å². The molecule has 39 heavy (non-hydrogen) atoms. The molecule has 1 aliphatic rings. The van der Waals surface area contributed by atoms with Crippen LogP contribution in [0.2, 0.25) is 0 Å². The van der Waals surface area contributed by atoms with E-state index in [1.54, 1.807) is 37.3 Å². The summed E-state index contributed by atoms with van der Waals surface area (Å²) in [6, 6.07) is 19.6. The van der Waals surface area contributed by atoms with E-state index >= 15 is 0 Å². The first-order valence-electron chi connectivity index (χ1n) is 13.2. The number of anilines is 1. The fraction of sp³-hybridized carbons (Fsp3) is 0.344. The Bertz CT molecular complexity index is 1560. The molecule has 2 aromatic heterocycles. The van der Waals surface area contributed by atoms with Crippen LogP contribution in [0.3, 0.4) is 0 Å². The number of nitriles is 1. The van der Waals surface area contributed by atoms with Crippen molar-refractivity contribution < 1.29 is 13.9 Å². The fourth-order valence-corrected chi connectivity index (χ4v) is 5.69. The molecule has 1 saturated heterocycles. The molecule has 1 aliphatic heterocycles. The maximum absolute atomic E-state index is 12.2. The Kier molecular flexibility index (Phi) is 6.69. The number of carbonyl (C=O) groups is 1. The lowest BCUT2D eigenvalue weighted by Gasteiger charge is -2.45. The molecule has 0 saturated carbocycles. The van der Waals surface area contributed by atoms with Crippen molar-refractivity contribution in [3.05, 3.63) is 71.9 Å². The smallest absolute Gasteiger partial charge is 0.253 e.